The Kier molecular flexibility index (Phi) is 5.36. The molecule has 21 heavy (non-hydrogen) atoms. The minimum absolute atomic E-state index is 0.298. The highest BCUT2D eigenvalue weighted by Gasteiger charge is 2.14. The lowest BCUT2D eigenvalue weighted by molar-refractivity contribution is 0.287. The molecule has 1 atom stereocenters. The van der Waals surface area contributed by atoms with E-state index in [1.165, 1.54) is 11.1 Å². The van der Waals surface area contributed by atoms with Gasteiger partial charge in [-0.15, -0.1) is 0 Å². The Labute approximate surface area is 126 Å². The maximum Gasteiger partial charge on any atom is 0.119 e. The first-order valence-electron chi connectivity index (χ1n) is 7.11. The summed E-state index contributed by atoms with van der Waals surface area (Å²) in [5, 5.41) is 10.5. The molecule has 0 bridgehead atoms. The van der Waals surface area contributed by atoms with Crippen molar-refractivity contribution in [1.29, 1.82) is 0 Å². The molecule has 0 saturated carbocycles. The number of hydrogen-bond acceptors (Lipinski definition) is 4. The molecular formula is C16H24N4O. The van der Waals surface area contributed by atoms with Gasteiger partial charge in [-0.25, -0.2) is 0 Å². The summed E-state index contributed by atoms with van der Waals surface area (Å²) in [7, 11) is 5.88. The summed E-state index contributed by atoms with van der Waals surface area (Å²) < 4.78 is 5.31. The van der Waals surface area contributed by atoms with E-state index in [1.54, 1.807) is 7.11 Å². The van der Waals surface area contributed by atoms with Crippen LogP contribution in [0.1, 0.15) is 22.9 Å². The van der Waals surface area contributed by atoms with Gasteiger partial charge in [0.2, 0.25) is 0 Å². The van der Waals surface area contributed by atoms with E-state index in [9.17, 15) is 0 Å². The number of aryl methyl sites for hydroxylation is 1. The molecular weight excluding hydrogens is 264 g/mol. The molecule has 0 radical (unpaired) electrons. The third-order valence-corrected chi connectivity index (χ3v) is 3.69. The third kappa shape index (κ3) is 4.06. The first kappa shape index (κ1) is 15.5. The zero-order valence-electron chi connectivity index (χ0n) is 13.2. The van der Waals surface area contributed by atoms with Crippen molar-refractivity contribution in [3.8, 4) is 5.75 Å². The van der Waals surface area contributed by atoms with E-state index in [2.05, 4.69) is 46.6 Å². The SMILES string of the molecule is COc1cccc(C(CNCc2cn[nH]c2C)N(C)C)c1. The van der Waals surface area contributed by atoms with Gasteiger partial charge >= 0.3 is 0 Å². The van der Waals surface area contributed by atoms with Crippen molar-refractivity contribution < 1.29 is 4.74 Å². The average Bonchev–Trinajstić information content (AvgIpc) is 2.88. The van der Waals surface area contributed by atoms with Crippen molar-refractivity contribution in [1.82, 2.24) is 20.4 Å². The monoisotopic (exact) mass is 288 g/mol. The number of benzene rings is 1. The second-order valence-electron chi connectivity index (χ2n) is 5.41. The highest BCUT2D eigenvalue weighted by Crippen LogP contribution is 2.22. The molecule has 0 amide bonds. The van der Waals surface area contributed by atoms with E-state index in [4.69, 9.17) is 4.74 Å². The highest BCUT2D eigenvalue weighted by molar-refractivity contribution is 5.30. The summed E-state index contributed by atoms with van der Waals surface area (Å²) >= 11 is 0. The highest BCUT2D eigenvalue weighted by atomic mass is 16.5. The predicted octanol–water partition coefficient (Wildman–Crippen LogP) is 2.12. The van der Waals surface area contributed by atoms with Crippen LogP contribution in [0.5, 0.6) is 5.75 Å². The fourth-order valence-corrected chi connectivity index (χ4v) is 2.34. The standard InChI is InChI=1S/C16H24N4O/c1-12-14(10-18-19-12)9-17-11-16(20(2)3)13-6-5-7-15(8-13)21-4/h5-8,10,16-17H,9,11H2,1-4H3,(H,18,19). The zero-order valence-corrected chi connectivity index (χ0v) is 13.2. The van der Waals surface area contributed by atoms with Crippen molar-refractivity contribution in [2.45, 2.75) is 19.5 Å². The van der Waals surface area contributed by atoms with Gasteiger partial charge in [-0.05, 0) is 38.7 Å². The quantitative estimate of drug-likeness (QED) is 0.819. The normalized spacial score (nSPS) is 12.6. The van der Waals surface area contributed by atoms with Crippen LogP contribution >= 0.6 is 0 Å². The lowest BCUT2D eigenvalue weighted by Gasteiger charge is -2.25. The summed E-state index contributed by atoms with van der Waals surface area (Å²) in [6.45, 7) is 3.72. The molecule has 2 aromatic rings. The van der Waals surface area contributed by atoms with Crippen molar-refractivity contribution in [2.75, 3.05) is 27.7 Å². The van der Waals surface area contributed by atoms with Crippen molar-refractivity contribution in [3.63, 3.8) is 0 Å². The topological polar surface area (TPSA) is 53.2 Å². The third-order valence-electron chi connectivity index (χ3n) is 3.69. The Hall–Kier alpha value is -1.85. The van der Waals surface area contributed by atoms with Gasteiger partial charge in [-0.3, -0.25) is 5.10 Å². The van der Waals surface area contributed by atoms with E-state index < -0.39 is 0 Å². The fourth-order valence-electron chi connectivity index (χ4n) is 2.34. The lowest BCUT2D eigenvalue weighted by Crippen LogP contribution is -2.30. The maximum absolute atomic E-state index is 5.31. The number of ether oxygens (including phenoxy) is 1. The number of H-pyrrole nitrogens is 1. The number of aromatic amines is 1. The molecule has 1 aromatic heterocycles. The molecule has 2 N–H and O–H groups in total. The Balaban J connectivity index is 2.00. The summed E-state index contributed by atoms with van der Waals surface area (Å²) in [4.78, 5) is 2.21. The van der Waals surface area contributed by atoms with Crippen LogP contribution in [-0.2, 0) is 6.54 Å². The Morgan fingerprint density at radius 2 is 2.19 bits per heavy atom. The summed E-state index contributed by atoms with van der Waals surface area (Å²) in [5.74, 6) is 0.894. The first-order valence-corrected chi connectivity index (χ1v) is 7.11. The smallest absolute Gasteiger partial charge is 0.119 e. The lowest BCUT2D eigenvalue weighted by atomic mass is 10.1. The van der Waals surface area contributed by atoms with Crippen molar-refractivity contribution in [3.05, 3.63) is 47.3 Å². The van der Waals surface area contributed by atoms with Crippen LogP contribution in [0, 0.1) is 6.92 Å². The molecule has 0 spiro atoms. The zero-order chi connectivity index (χ0) is 15.2. The predicted molar refractivity (Wildman–Crippen MR) is 84.5 cm³/mol. The molecule has 114 valence electrons. The van der Waals surface area contributed by atoms with E-state index in [0.717, 1.165) is 24.5 Å². The maximum atomic E-state index is 5.31. The molecule has 5 nitrogen and oxygen atoms in total. The van der Waals surface area contributed by atoms with Gasteiger partial charge in [-0.2, -0.15) is 5.10 Å². The van der Waals surface area contributed by atoms with E-state index in [1.807, 2.05) is 25.3 Å². The molecule has 0 saturated heterocycles. The summed E-state index contributed by atoms with van der Waals surface area (Å²) in [6, 6.07) is 8.53. The number of hydrogen-bond donors (Lipinski definition) is 2. The number of aromatic nitrogens is 2. The van der Waals surface area contributed by atoms with Gasteiger partial charge in [0, 0.05) is 30.4 Å². The van der Waals surface area contributed by atoms with Gasteiger partial charge in [0.25, 0.3) is 0 Å². The van der Waals surface area contributed by atoms with Crippen LogP contribution in [0.3, 0.4) is 0 Å². The fraction of sp³-hybridized carbons (Fsp3) is 0.438. The number of rotatable bonds is 7. The number of likely N-dealkylation sites (N-methyl/N-ethyl adjacent to an activating group) is 1. The molecule has 1 unspecified atom stereocenters. The van der Waals surface area contributed by atoms with Gasteiger partial charge in [0.05, 0.1) is 13.3 Å². The summed E-state index contributed by atoms with van der Waals surface area (Å²) in [6.07, 6.45) is 1.87. The minimum atomic E-state index is 0.298. The van der Waals surface area contributed by atoms with Crippen LogP contribution in [0.15, 0.2) is 30.5 Å². The van der Waals surface area contributed by atoms with Crippen LogP contribution in [0.2, 0.25) is 0 Å². The molecule has 0 fully saturated rings. The van der Waals surface area contributed by atoms with Crippen LogP contribution < -0.4 is 10.1 Å². The molecule has 0 aliphatic rings. The van der Waals surface area contributed by atoms with Crippen LogP contribution in [0.25, 0.3) is 0 Å². The second kappa shape index (κ2) is 7.24. The second-order valence-corrected chi connectivity index (χ2v) is 5.41. The van der Waals surface area contributed by atoms with Gasteiger partial charge in [0.15, 0.2) is 0 Å². The number of nitrogens with one attached hydrogen (secondary N) is 2. The van der Waals surface area contributed by atoms with Crippen LogP contribution in [-0.4, -0.2) is 42.8 Å². The number of methoxy groups -OCH3 is 1. The Bertz CT molecular complexity index is 565. The van der Waals surface area contributed by atoms with E-state index in [-0.39, 0.29) is 0 Å². The van der Waals surface area contributed by atoms with Gasteiger partial charge in [0.1, 0.15) is 5.75 Å². The van der Waals surface area contributed by atoms with E-state index in [0.29, 0.717) is 6.04 Å². The number of nitrogens with zero attached hydrogens (tertiary/aromatic N) is 2. The van der Waals surface area contributed by atoms with Crippen LogP contribution in [0.4, 0.5) is 0 Å². The average molecular weight is 288 g/mol. The first-order chi connectivity index (χ1) is 10.1. The molecule has 0 aliphatic carbocycles. The van der Waals surface area contributed by atoms with Gasteiger partial charge < -0.3 is 15.0 Å². The van der Waals surface area contributed by atoms with Crippen molar-refractivity contribution >= 4 is 0 Å². The minimum Gasteiger partial charge on any atom is -0.497 e. The molecule has 2 rings (SSSR count). The Morgan fingerprint density at radius 1 is 1.38 bits per heavy atom. The molecule has 0 aliphatic heterocycles. The summed E-state index contributed by atoms with van der Waals surface area (Å²) in [5.41, 5.74) is 3.57. The molecule has 1 heterocycles. The van der Waals surface area contributed by atoms with E-state index >= 15 is 0 Å². The Morgan fingerprint density at radius 3 is 2.81 bits per heavy atom. The van der Waals surface area contributed by atoms with Crippen molar-refractivity contribution in [2.24, 2.45) is 0 Å². The molecule has 1 aromatic carbocycles. The molecule has 5 heteroatoms. The largest absolute Gasteiger partial charge is 0.497 e. The van der Waals surface area contributed by atoms with Gasteiger partial charge in [-0.1, -0.05) is 12.1 Å².